The summed E-state index contributed by atoms with van der Waals surface area (Å²) in [4.78, 5) is 18.7. The lowest BCUT2D eigenvalue weighted by Crippen LogP contribution is -2.38. The zero-order chi connectivity index (χ0) is 17.1. The number of aromatic nitrogens is 2. The van der Waals surface area contributed by atoms with Crippen LogP contribution in [0, 0.1) is 19.7 Å². The molecule has 0 aliphatic carbocycles. The molecule has 0 saturated carbocycles. The molecule has 0 radical (unpaired) electrons. The zero-order valence-electron chi connectivity index (χ0n) is 13.9. The first-order valence-corrected chi connectivity index (χ1v) is 8.18. The summed E-state index contributed by atoms with van der Waals surface area (Å²) in [5, 5.41) is 6.64. The highest BCUT2D eigenvalue weighted by atomic mass is 19.1. The standard InChI is InChI=1S/C17H21FN4O2/c1-11-7-8-14(13(18)10-11)20-17(23)22-9-5-3-4-6-15(22)16-19-12(2)24-21-16/h7-8,10,15H,3-6,9H2,1-2H3,(H,20,23)/t15-/m1/s1. The van der Waals surface area contributed by atoms with Crippen LogP contribution in [0.5, 0.6) is 0 Å². The van der Waals surface area contributed by atoms with Gasteiger partial charge in [-0.2, -0.15) is 4.98 Å². The van der Waals surface area contributed by atoms with E-state index >= 15 is 0 Å². The molecule has 2 aromatic rings. The Hall–Kier alpha value is -2.44. The summed E-state index contributed by atoms with van der Waals surface area (Å²) in [6.07, 6.45) is 3.69. The Bertz CT molecular complexity index is 731. The number of carbonyl (C=O) groups is 1. The van der Waals surface area contributed by atoms with Crippen LogP contribution < -0.4 is 5.32 Å². The Kier molecular flexibility index (Phi) is 4.78. The molecule has 2 amide bonds. The van der Waals surface area contributed by atoms with Crippen molar-refractivity contribution in [2.75, 3.05) is 11.9 Å². The number of urea groups is 1. The lowest BCUT2D eigenvalue weighted by molar-refractivity contribution is 0.184. The maximum atomic E-state index is 14.0. The molecule has 2 heterocycles. The van der Waals surface area contributed by atoms with Crippen LogP contribution in [-0.4, -0.2) is 27.6 Å². The third kappa shape index (κ3) is 3.55. The third-order valence-electron chi connectivity index (χ3n) is 4.22. The number of hydrogen-bond donors (Lipinski definition) is 1. The van der Waals surface area contributed by atoms with E-state index in [1.165, 1.54) is 6.07 Å². The smallest absolute Gasteiger partial charge is 0.322 e. The largest absolute Gasteiger partial charge is 0.340 e. The number of likely N-dealkylation sites (tertiary alicyclic amines) is 1. The number of benzene rings is 1. The van der Waals surface area contributed by atoms with E-state index in [-0.39, 0.29) is 17.8 Å². The number of hydrogen-bond acceptors (Lipinski definition) is 4. The van der Waals surface area contributed by atoms with E-state index in [9.17, 15) is 9.18 Å². The predicted molar refractivity (Wildman–Crippen MR) is 87.1 cm³/mol. The first-order chi connectivity index (χ1) is 11.5. The van der Waals surface area contributed by atoms with Gasteiger partial charge in [0, 0.05) is 13.5 Å². The van der Waals surface area contributed by atoms with Gasteiger partial charge in [0.15, 0.2) is 5.82 Å². The van der Waals surface area contributed by atoms with Gasteiger partial charge in [0.25, 0.3) is 0 Å². The summed E-state index contributed by atoms with van der Waals surface area (Å²) in [6.45, 7) is 4.11. The van der Waals surface area contributed by atoms with Crippen molar-refractivity contribution >= 4 is 11.7 Å². The monoisotopic (exact) mass is 332 g/mol. The second-order valence-corrected chi connectivity index (χ2v) is 6.14. The number of nitrogens with zero attached hydrogens (tertiary/aromatic N) is 3. The molecular formula is C17H21FN4O2. The predicted octanol–water partition coefficient (Wildman–Crippen LogP) is 3.97. The normalized spacial score (nSPS) is 18.3. The van der Waals surface area contributed by atoms with Gasteiger partial charge >= 0.3 is 6.03 Å². The molecule has 1 N–H and O–H groups in total. The van der Waals surface area contributed by atoms with Crippen LogP contribution in [0.4, 0.5) is 14.9 Å². The van der Waals surface area contributed by atoms with Gasteiger partial charge in [-0.3, -0.25) is 0 Å². The van der Waals surface area contributed by atoms with Crippen LogP contribution in [0.15, 0.2) is 22.7 Å². The van der Waals surface area contributed by atoms with Gasteiger partial charge in [0.1, 0.15) is 5.82 Å². The summed E-state index contributed by atoms with van der Waals surface area (Å²) < 4.78 is 19.1. The minimum absolute atomic E-state index is 0.179. The van der Waals surface area contributed by atoms with Gasteiger partial charge in [-0.15, -0.1) is 0 Å². The molecule has 0 spiro atoms. The molecule has 1 aliphatic heterocycles. The summed E-state index contributed by atoms with van der Waals surface area (Å²) in [5.41, 5.74) is 0.985. The van der Waals surface area contributed by atoms with E-state index < -0.39 is 5.82 Å². The Morgan fingerprint density at radius 3 is 2.88 bits per heavy atom. The number of halogens is 1. The molecule has 24 heavy (non-hydrogen) atoms. The van der Waals surface area contributed by atoms with Gasteiger partial charge in [-0.05, 0) is 37.5 Å². The van der Waals surface area contributed by atoms with Crippen LogP contribution in [0.1, 0.15) is 49.0 Å². The van der Waals surface area contributed by atoms with E-state index in [2.05, 4.69) is 15.5 Å². The van der Waals surface area contributed by atoms with E-state index in [0.717, 1.165) is 31.2 Å². The fraction of sp³-hybridized carbons (Fsp3) is 0.471. The highest BCUT2D eigenvalue weighted by Crippen LogP contribution is 2.29. The van der Waals surface area contributed by atoms with Crippen molar-refractivity contribution in [1.29, 1.82) is 0 Å². The molecular weight excluding hydrogens is 311 g/mol. The van der Waals surface area contributed by atoms with E-state index in [4.69, 9.17) is 4.52 Å². The van der Waals surface area contributed by atoms with Gasteiger partial charge in [-0.1, -0.05) is 24.1 Å². The van der Waals surface area contributed by atoms with Crippen molar-refractivity contribution in [3.8, 4) is 0 Å². The maximum Gasteiger partial charge on any atom is 0.322 e. The van der Waals surface area contributed by atoms with Crippen molar-refractivity contribution in [3.05, 3.63) is 41.3 Å². The number of rotatable bonds is 2. The average molecular weight is 332 g/mol. The molecule has 1 aromatic carbocycles. The molecule has 1 fully saturated rings. The third-order valence-corrected chi connectivity index (χ3v) is 4.22. The SMILES string of the molecule is Cc1ccc(NC(=O)N2CCCCC[C@@H]2c2noc(C)n2)c(F)c1. The Labute approximate surface area is 140 Å². The lowest BCUT2D eigenvalue weighted by Gasteiger charge is -2.28. The summed E-state index contributed by atoms with van der Waals surface area (Å²) in [7, 11) is 0. The number of aryl methyl sites for hydroxylation is 2. The van der Waals surface area contributed by atoms with Crippen molar-refractivity contribution in [3.63, 3.8) is 0 Å². The fourth-order valence-electron chi connectivity index (χ4n) is 2.98. The minimum Gasteiger partial charge on any atom is -0.340 e. The fourth-order valence-corrected chi connectivity index (χ4v) is 2.98. The Morgan fingerprint density at radius 2 is 2.17 bits per heavy atom. The Balaban J connectivity index is 1.81. The van der Waals surface area contributed by atoms with Crippen LogP contribution in [-0.2, 0) is 0 Å². The molecule has 3 rings (SSSR count). The van der Waals surface area contributed by atoms with Gasteiger partial charge in [0.2, 0.25) is 5.89 Å². The van der Waals surface area contributed by atoms with Crippen molar-refractivity contribution in [2.45, 2.75) is 45.6 Å². The summed E-state index contributed by atoms with van der Waals surface area (Å²) in [5.74, 6) is 0.540. The van der Waals surface area contributed by atoms with Gasteiger partial charge in [0.05, 0.1) is 11.7 Å². The van der Waals surface area contributed by atoms with E-state index in [0.29, 0.717) is 18.3 Å². The molecule has 1 atom stereocenters. The van der Waals surface area contributed by atoms with Crippen LogP contribution in [0.25, 0.3) is 0 Å². The Morgan fingerprint density at radius 1 is 1.33 bits per heavy atom. The molecule has 0 unspecified atom stereocenters. The first-order valence-electron chi connectivity index (χ1n) is 8.18. The molecule has 128 valence electrons. The quantitative estimate of drug-likeness (QED) is 0.903. The van der Waals surface area contributed by atoms with E-state index in [1.807, 2.05) is 0 Å². The number of nitrogens with one attached hydrogen (secondary N) is 1. The zero-order valence-corrected chi connectivity index (χ0v) is 13.9. The van der Waals surface area contributed by atoms with Crippen molar-refractivity contribution in [1.82, 2.24) is 15.0 Å². The van der Waals surface area contributed by atoms with Gasteiger partial charge < -0.3 is 14.7 Å². The van der Waals surface area contributed by atoms with E-state index in [1.54, 1.807) is 30.9 Å². The minimum atomic E-state index is -0.440. The molecule has 7 heteroatoms. The average Bonchev–Trinajstić information content (AvgIpc) is 2.83. The first kappa shape index (κ1) is 16.4. The van der Waals surface area contributed by atoms with Crippen LogP contribution >= 0.6 is 0 Å². The van der Waals surface area contributed by atoms with Crippen molar-refractivity contribution < 1.29 is 13.7 Å². The van der Waals surface area contributed by atoms with Crippen LogP contribution in [0.2, 0.25) is 0 Å². The lowest BCUT2D eigenvalue weighted by atomic mass is 10.1. The topological polar surface area (TPSA) is 71.3 Å². The molecule has 1 saturated heterocycles. The molecule has 1 aromatic heterocycles. The summed E-state index contributed by atoms with van der Waals surface area (Å²) >= 11 is 0. The highest BCUT2D eigenvalue weighted by molar-refractivity contribution is 5.89. The highest BCUT2D eigenvalue weighted by Gasteiger charge is 2.30. The number of amides is 2. The molecule has 0 bridgehead atoms. The maximum absolute atomic E-state index is 14.0. The number of carbonyl (C=O) groups excluding carboxylic acids is 1. The van der Waals surface area contributed by atoms with Crippen LogP contribution in [0.3, 0.4) is 0 Å². The summed E-state index contributed by atoms with van der Waals surface area (Å²) in [6, 6.07) is 4.15. The van der Waals surface area contributed by atoms with Gasteiger partial charge in [-0.25, -0.2) is 9.18 Å². The van der Waals surface area contributed by atoms with Crippen molar-refractivity contribution in [2.24, 2.45) is 0 Å². The molecule has 1 aliphatic rings. The molecule has 6 nitrogen and oxygen atoms in total. The second kappa shape index (κ2) is 6.98. The second-order valence-electron chi connectivity index (χ2n) is 6.14. The number of anilines is 1.